The van der Waals surface area contributed by atoms with Gasteiger partial charge >= 0.3 is 5.97 Å². The molecular formula is C20H14O5. The highest BCUT2D eigenvalue weighted by Crippen LogP contribution is 2.31. The van der Waals surface area contributed by atoms with E-state index in [2.05, 4.69) is 0 Å². The van der Waals surface area contributed by atoms with Crippen LogP contribution in [0.25, 0.3) is 0 Å². The van der Waals surface area contributed by atoms with Crippen molar-refractivity contribution in [3.05, 3.63) is 89.5 Å². The molecule has 0 unspecified atom stereocenters. The molecule has 0 atom stereocenters. The smallest absolute Gasteiger partial charge is 0.347 e. The molecule has 0 aliphatic rings. The number of aromatic hydroxyl groups is 2. The summed E-state index contributed by atoms with van der Waals surface area (Å²) in [4.78, 5) is 25.0. The van der Waals surface area contributed by atoms with Crippen molar-refractivity contribution in [1.29, 1.82) is 0 Å². The van der Waals surface area contributed by atoms with Crippen LogP contribution < -0.4 is 4.74 Å². The number of carbonyl (C=O) groups is 2. The monoisotopic (exact) mass is 334 g/mol. The summed E-state index contributed by atoms with van der Waals surface area (Å²) in [5.41, 5.74) is 0.199. The molecule has 124 valence electrons. The van der Waals surface area contributed by atoms with E-state index < -0.39 is 11.8 Å². The standard InChI is InChI=1S/C20H14O5/c21-15-10-5-4-9-14(15)20(24)25-17-12-6-11-16(22)18(17)19(23)13-7-2-1-3-8-13/h1-12,21-22H. The van der Waals surface area contributed by atoms with Crippen molar-refractivity contribution in [2.75, 3.05) is 0 Å². The average Bonchev–Trinajstić information content (AvgIpc) is 2.62. The normalized spacial score (nSPS) is 10.2. The van der Waals surface area contributed by atoms with Crippen LogP contribution in [-0.2, 0) is 0 Å². The maximum atomic E-state index is 12.7. The summed E-state index contributed by atoms with van der Waals surface area (Å²) >= 11 is 0. The number of ketones is 1. The van der Waals surface area contributed by atoms with Crippen molar-refractivity contribution in [2.24, 2.45) is 0 Å². The summed E-state index contributed by atoms with van der Waals surface area (Å²) in [5, 5.41) is 19.9. The summed E-state index contributed by atoms with van der Waals surface area (Å²) < 4.78 is 5.26. The lowest BCUT2D eigenvalue weighted by Crippen LogP contribution is -2.12. The Morgan fingerprint density at radius 2 is 1.36 bits per heavy atom. The zero-order valence-electron chi connectivity index (χ0n) is 13.0. The minimum Gasteiger partial charge on any atom is -0.507 e. The Kier molecular flexibility index (Phi) is 4.48. The third-order valence-electron chi connectivity index (χ3n) is 3.59. The molecule has 2 N–H and O–H groups in total. The van der Waals surface area contributed by atoms with Gasteiger partial charge in [0.05, 0.1) is 0 Å². The van der Waals surface area contributed by atoms with Gasteiger partial charge in [0.1, 0.15) is 28.4 Å². The molecule has 0 spiro atoms. The molecule has 5 heteroatoms. The van der Waals surface area contributed by atoms with Crippen LogP contribution in [0.4, 0.5) is 0 Å². The van der Waals surface area contributed by atoms with E-state index in [-0.39, 0.29) is 28.4 Å². The second-order valence-corrected chi connectivity index (χ2v) is 5.25. The van der Waals surface area contributed by atoms with Crippen molar-refractivity contribution in [3.63, 3.8) is 0 Å². The highest BCUT2D eigenvalue weighted by Gasteiger charge is 2.22. The Morgan fingerprint density at radius 3 is 2.08 bits per heavy atom. The van der Waals surface area contributed by atoms with Crippen molar-refractivity contribution >= 4 is 11.8 Å². The van der Waals surface area contributed by atoms with Gasteiger partial charge in [0.25, 0.3) is 0 Å². The highest BCUT2D eigenvalue weighted by atomic mass is 16.5. The summed E-state index contributed by atoms with van der Waals surface area (Å²) in [6.45, 7) is 0. The Balaban J connectivity index is 1.98. The fraction of sp³-hybridized carbons (Fsp3) is 0. The van der Waals surface area contributed by atoms with Gasteiger partial charge in [-0.2, -0.15) is 0 Å². The quantitative estimate of drug-likeness (QED) is 0.433. The highest BCUT2D eigenvalue weighted by molar-refractivity contribution is 6.13. The van der Waals surface area contributed by atoms with Gasteiger partial charge in [-0.1, -0.05) is 48.5 Å². The molecule has 0 aromatic heterocycles. The van der Waals surface area contributed by atoms with E-state index in [0.717, 1.165) is 0 Å². The van der Waals surface area contributed by atoms with Crippen LogP contribution in [0.3, 0.4) is 0 Å². The molecule has 3 aromatic carbocycles. The SMILES string of the molecule is O=C(Oc1cccc(O)c1C(=O)c1ccccc1)c1ccccc1O. The van der Waals surface area contributed by atoms with E-state index in [1.54, 1.807) is 42.5 Å². The third kappa shape index (κ3) is 3.35. The van der Waals surface area contributed by atoms with Crippen LogP contribution >= 0.6 is 0 Å². The molecule has 0 heterocycles. The number of esters is 1. The maximum Gasteiger partial charge on any atom is 0.347 e. The molecule has 3 aromatic rings. The van der Waals surface area contributed by atoms with Crippen molar-refractivity contribution in [1.82, 2.24) is 0 Å². The molecular weight excluding hydrogens is 320 g/mol. The number of phenols is 2. The molecule has 0 saturated heterocycles. The largest absolute Gasteiger partial charge is 0.507 e. The Bertz CT molecular complexity index is 932. The van der Waals surface area contributed by atoms with Gasteiger partial charge in [0.15, 0.2) is 0 Å². The van der Waals surface area contributed by atoms with Crippen LogP contribution in [0.1, 0.15) is 26.3 Å². The van der Waals surface area contributed by atoms with Gasteiger partial charge in [0, 0.05) is 5.56 Å². The van der Waals surface area contributed by atoms with Gasteiger partial charge in [-0.25, -0.2) is 4.79 Å². The summed E-state index contributed by atoms with van der Waals surface area (Å²) in [7, 11) is 0. The van der Waals surface area contributed by atoms with E-state index >= 15 is 0 Å². The van der Waals surface area contributed by atoms with Crippen LogP contribution in [0.5, 0.6) is 17.2 Å². The van der Waals surface area contributed by atoms with E-state index in [0.29, 0.717) is 5.56 Å². The average molecular weight is 334 g/mol. The third-order valence-corrected chi connectivity index (χ3v) is 3.59. The number of hydrogen-bond acceptors (Lipinski definition) is 5. The first-order valence-corrected chi connectivity index (χ1v) is 7.50. The predicted molar refractivity (Wildman–Crippen MR) is 91.0 cm³/mol. The summed E-state index contributed by atoms with van der Waals surface area (Å²) in [6, 6.07) is 18.5. The van der Waals surface area contributed by atoms with Crippen LogP contribution in [-0.4, -0.2) is 22.0 Å². The van der Waals surface area contributed by atoms with Gasteiger partial charge in [-0.15, -0.1) is 0 Å². The Hall–Kier alpha value is -3.60. The number of ether oxygens (including phenoxy) is 1. The zero-order chi connectivity index (χ0) is 17.8. The molecule has 0 aliphatic heterocycles. The van der Waals surface area contributed by atoms with Crippen LogP contribution in [0.15, 0.2) is 72.8 Å². The molecule has 0 amide bonds. The van der Waals surface area contributed by atoms with Crippen molar-refractivity contribution in [3.8, 4) is 17.2 Å². The first-order valence-electron chi connectivity index (χ1n) is 7.50. The van der Waals surface area contributed by atoms with Gasteiger partial charge in [-0.05, 0) is 24.3 Å². The zero-order valence-corrected chi connectivity index (χ0v) is 13.0. The first kappa shape index (κ1) is 16.3. The van der Waals surface area contributed by atoms with Gasteiger partial charge in [-0.3, -0.25) is 4.79 Å². The number of phenolic OH excluding ortho intramolecular Hbond substituents is 2. The fourth-order valence-corrected chi connectivity index (χ4v) is 2.37. The molecule has 25 heavy (non-hydrogen) atoms. The van der Waals surface area contributed by atoms with Gasteiger partial charge < -0.3 is 14.9 Å². The second-order valence-electron chi connectivity index (χ2n) is 5.25. The van der Waals surface area contributed by atoms with E-state index in [1.165, 1.54) is 30.3 Å². The number of hydrogen-bond donors (Lipinski definition) is 2. The van der Waals surface area contributed by atoms with Crippen molar-refractivity contribution in [2.45, 2.75) is 0 Å². The van der Waals surface area contributed by atoms with E-state index in [4.69, 9.17) is 4.74 Å². The molecule has 5 nitrogen and oxygen atoms in total. The fourth-order valence-electron chi connectivity index (χ4n) is 2.37. The maximum absolute atomic E-state index is 12.7. The van der Waals surface area contributed by atoms with Crippen molar-refractivity contribution < 1.29 is 24.5 Å². The van der Waals surface area contributed by atoms with Crippen LogP contribution in [0.2, 0.25) is 0 Å². The lowest BCUT2D eigenvalue weighted by atomic mass is 10.0. The van der Waals surface area contributed by atoms with Crippen LogP contribution in [0, 0.1) is 0 Å². The molecule has 0 fully saturated rings. The minimum absolute atomic E-state index is 0.0380. The van der Waals surface area contributed by atoms with Gasteiger partial charge in [0.2, 0.25) is 5.78 Å². The first-order chi connectivity index (χ1) is 12.1. The number of rotatable bonds is 4. The molecule has 3 rings (SSSR count). The Labute approximate surface area is 143 Å². The second kappa shape index (κ2) is 6.88. The topological polar surface area (TPSA) is 83.8 Å². The molecule has 0 aliphatic carbocycles. The summed E-state index contributed by atoms with van der Waals surface area (Å²) in [5.74, 6) is -1.91. The number of carbonyl (C=O) groups excluding carboxylic acids is 2. The molecule has 0 saturated carbocycles. The Morgan fingerprint density at radius 1 is 0.720 bits per heavy atom. The number of benzene rings is 3. The number of para-hydroxylation sites is 1. The molecule has 0 radical (unpaired) electrons. The summed E-state index contributed by atoms with van der Waals surface area (Å²) in [6.07, 6.45) is 0. The lowest BCUT2D eigenvalue weighted by Gasteiger charge is -2.11. The predicted octanol–water partition coefficient (Wildman–Crippen LogP) is 3.55. The minimum atomic E-state index is -0.828. The molecule has 0 bridgehead atoms. The van der Waals surface area contributed by atoms with E-state index in [9.17, 15) is 19.8 Å². The van der Waals surface area contributed by atoms with E-state index in [1.807, 2.05) is 0 Å². The lowest BCUT2D eigenvalue weighted by molar-refractivity contribution is 0.0729.